The van der Waals surface area contributed by atoms with Crippen molar-refractivity contribution < 1.29 is 19.1 Å². The van der Waals surface area contributed by atoms with Crippen molar-refractivity contribution >= 4 is 34.9 Å². The fraction of sp³-hybridized carbons (Fsp3) is 0.278. The summed E-state index contributed by atoms with van der Waals surface area (Å²) in [7, 11) is 0. The average Bonchev–Trinajstić information content (AvgIpc) is 3.05. The summed E-state index contributed by atoms with van der Waals surface area (Å²) >= 11 is 5.18. The van der Waals surface area contributed by atoms with Crippen molar-refractivity contribution in [3.8, 4) is 11.3 Å². The topological polar surface area (TPSA) is 91.6 Å². The van der Waals surface area contributed by atoms with E-state index in [-0.39, 0.29) is 16.8 Å². The van der Waals surface area contributed by atoms with Gasteiger partial charge < -0.3 is 20.2 Å². The highest BCUT2D eigenvalue weighted by molar-refractivity contribution is 7.80. The van der Waals surface area contributed by atoms with Gasteiger partial charge in [-0.3, -0.25) is 4.79 Å². The maximum atomic E-state index is 11.7. The Balaban J connectivity index is 2.13. The van der Waals surface area contributed by atoms with E-state index in [0.717, 1.165) is 24.0 Å². The van der Waals surface area contributed by atoms with Crippen LogP contribution >= 0.6 is 12.2 Å². The summed E-state index contributed by atoms with van der Waals surface area (Å²) in [5, 5.41) is 14.8. The first-order valence-corrected chi connectivity index (χ1v) is 8.37. The van der Waals surface area contributed by atoms with E-state index in [1.807, 2.05) is 26.0 Å². The molecule has 0 saturated carbocycles. The number of hydrogen-bond acceptors (Lipinski definition) is 4. The lowest BCUT2D eigenvalue weighted by molar-refractivity contribution is -0.119. The zero-order valence-electron chi connectivity index (χ0n) is 14.1. The van der Waals surface area contributed by atoms with Gasteiger partial charge in [0, 0.05) is 17.7 Å². The first kappa shape index (κ1) is 18.7. The third kappa shape index (κ3) is 4.90. The Morgan fingerprint density at radius 1 is 1.24 bits per heavy atom. The van der Waals surface area contributed by atoms with E-state index >= 15 is 0 Å². The molecule has 0 aliphatic rings. The molecule has 132 valence electrons. The van der Waals surface area contributed by atoms with Crippen LogP contribution in [-0.4, -0.2) is 22.1 Å². The average molecular weight is 360 g/mol. The largest absolute Gasteiger partial charge is 0.475 e. The molecule has 0 fully saturated rings. The molecule has 0 atom stereocenters. The van der Waals surface area contributed by atoms with Crippen molar-refractivity contribution in [2.24, 2.45) is 0 Å². The molecular weight excluding hydrogens is 340 g/mol. The highest BCUT2D eigenvalue weighted by Crippen LogP contribution is 2.30. The zero-order chi connectivity index (χ0) is 18.4. The van der Waals surface area contributed by atoms with Crippen molar-refractivity contribution in [3.05, 3.63) is 41.7 Å². The maximum Gasteiger partial charge on any atom is 0.371 e. The molecule has 1 aromatic heterocycles. The minimum atomic E-state index is -1.12. The number of aromatic carboxylic acids is 1. The lowest BCUT2D eigenvalue weighted by Gasteiger charge is -2.13. The number of hydrogen-bond donors (Lipinski definition) is 3. The second-order valence-corrected chi connectivity index (χ2v) is 5.96. The third-order valence-corrected chi connectivity index (χ3v) is 3.88. The molecule has 0 saturated heterocycles. The van der Waals surface area contributed by atoms with Gasteiger partial charge in [0.1, 0.15) is 5.76 Å². The molecule has 2 rings (SSSR count). The lowest BCUT2D eigenvalue weighted by Crippen LogP contribution is -2.34. The summed E-state index contributed by atoms with van der Waals surface area (Å²) in [6.07, 6.45) is 2.19. The predicted octanol–water partition coefficient (Wildman–Crippen LogP) is 3.96. The Morgan fingerprint density at radius 2 is 2.00 bits per heavy atom. The molecule has 1 heterocycles. The molecular formula is C18H20N2O4S. The lowest BCUT2D eigenvalue weighted by atomic mass is 10.0. The van der Waals surface area contributed by atoms with Crippen LogP contribution in [0.3, 0.4) is 0 Å². The number of carboxylic acids is 1. The van der Waals surface area contributed by atoms with E-state index in [1.165, 1.54) is 6.07 Å². The third-order valence-electron chi connectivity index (χ3n) is 3.67. The summed E-state index contributed by atoms with van der Waals surface area (Å²) in [5.74, 6) is -0.901. The van der Waals surface area contributed by atoms with E-state index in [0.29, 0.717) is 17.9 Å². The van der Waals surface area contributed by atoms with Crippen molar-refractivity contribution in [1.82, 2.24) is 5.32 Å². The molecule has 0 bridgehead atoms. The van der Waals surface area contributed by atoms with Gasteiger partial charge in [0.25, 0.3) is 0 Å². The van der Waals surface area contributed by atoms with Crippen LogP contribution < -0.4 is 10.6 Å². The fourth-order valence-electron chi connectivity index (χ4n) is 2.32. The summed E-state index contributed by atoms with van der Waals surface area (Å²) in [6, 6.07) is 8.48. The minimum Gasteiger partial charge on any atom is -0.475 e. The molecule has 0 aliphatic carbocycles. The second kappa shape index (κ2) is 8.43. The number of carboxylic acid groups (broad SMARTS) is 1. The molecule has 25 heavy (non-hydrogen) atoms. The Morgan fingerprint density at radius 3 is 2.64 bits per heavy atom. The Kier molecular flexibility index (Phi) is 6.30. The predicted molar refractivity (Wildman–Crippen MR) is 99.7 cm³/mol. The monoisotopic (exact) mass is 360 g/mol. The number of benzene rings is 1. The number of nitrogens with one attached hydrogen (secondary N) is 2. The first-order chi connectivity index (χ1) is 11.9. The van der Waals surface area contributed by atoms with Gasteiger partial charge in [0.2, 0.25) is 11.7 Å². The van der Waals surface area contributed by atoms with Gasteiger partial charge in [-0.05, 0) is 49.3 Å². The molecule has 0 aliphatic heterocycles. The Labute approximate surface area is 151 Å². The first-order valence-electron chi connectivity index (χ1n) is 7.96. The van der Waals surface area contributed by atoms with E-state index in [9.17, 15) is 9.59 Å². The van der Waals surface area contributed by atoms with Crippen LogP contribution in [0.2, 0.25) is 0 Å². The smallest absolute Gasteiger partial charge is 0.371 e. The van der Waals surface area contributed by atoms with Gasteiger partial charge in [-0.25, -0.2) is 4.79 Å². The van der Waals surface area contributed by atoms with Crippen molar-refractivity contribution in [1.29, 1.82) is 0 Å². The number of carbonyl (C=O) groups excluding carboxylic acids is 1. The molecule has 0 radical (unpaired) electrons. The minimum absolute atomic E-state index is 0.119. The van der Waals surface area contributed by atoms with Crippen LogP contribution in [-0.2, 0) is 4.79 Å². The second-order valence-electron chi connectivity index (χ2n) is 5.55. The van der Waals surface area contributed by atoms with Gasteiger partial charge in [-0.2, -0.15) is 0 Å². The van der Waals surface area contributed by atoms with Gasteiger partial charge in [0.05, 0.1) is 0 Å². The fourth-order valence-corrected chi connectivity index (χ4v) is 2.54. The molecule has 1 amide bonds. The van der Waals surface area contributed by atoms with Gasteiger partial charge >= 0.3 is 5.97 Å². The zero-order valence-corrected chi connectivity index (χ0v) is 14.9. The van der Waals surface area contributed by atoms with Crippen LogP contribution in [0, 0.1) is 6.92 Å². The van der Waals surface area contributed by atoms with Crippen LogP contribution in [0.4, 0.5) is 5.69 Å². The van der Waals surface area contributed by atoms with Crippen LogP contribution in [0.15, 0.2) is 34.7 Å². The van der Waals surface area contributed by atoms with Crippen LogP contribution in [0.1, 0.15) is 42.3 Å². The Bertz CT molecular complexity index is 798. The van der Waals surface area contributed by atoms with E-state index in [1.54, 1.807) is 12.1 Å². The maximum absolute atomic E-state index is 11.7. The highest BCUT2D eigenvalue weighted by atomic mass is 32.1. The summed E-state index contributed by atoms with van der Waals surface area (Å²) < 4.78 is 5.35. The van der Waals surface area contributed by atoms with Gasteiger partial charge in [0.15, 0.2) is 5.11 Å². The normalized spacial score (nSPS) is 10.3. The van der Waals surface area contributed by atoms with Crippen molar-refractivity contribution in [2.75, 3.05) is 5.32 Å². The molecule has 0 spiro atoms. The highest BCUT2D eigenvalue weighted by Gasteiger charge is 2.14. The molecule has 1 aromatic carbocycles. The quantitative estimate of drug-likeness (QED) is 0.676. The summed E-state index contributed by atoms with van der Waals surface area (Å²) in [6.45, 7) is 3.88. The van der Waals surface area contributed by atoms with E-state index < -0.39 is 5.97 Å². The molecule has 0 unspecified atom stereocenters. The summed E-state index contributed by atoms with van der Waals surface area (Å²) in [5.41, 5.74) is 2.29. The van der Waals surface area contributed by atoms with Crippen LogP contribution in [0.5, 0.6) is 0 Å². The molecule has 7 heteroatoms. The number of amides is 1. The van der Waals surface area contributed by atoms with Crippen LogP contribution in [0.25, 0.3) is 11.3 Å². The SMILES string of the molecule is CCCCC(=O)NC(=S)Nc1cccc(-c2ccc(C(=O)O)o2)c1C. The van der Waals surface area contributed by atoms with E-state index in [4.69, 9.17) is 21.7 Å². The van der Waals surface area contributed by atoms with Crippen molar-refractivity contribution in [2.45, 2.75) is 33.1 Å². The molecule has 2 aromatic rings. The number of thiocarbonyl (C=S) groups is 1. The Hall–Kier alpha value is -2.67. The number of carbonyl (C=O) groups is 2. The van der Waals surface area contributed by atoms with Crippen molar-refractivity contribution in [3.63, 3.8) is 0 Å². The van der Waals surface area contributed by atoms with Gasteiger partial charge in [-0.1, -0.05) is 25.5 Å². The van der Waals surface area contributed by atoms with E-state index in [2.05, 4.69) is 10.6 Å². The standard InChI is InChI=1S/C18H20N2O4S/c1-3-4-8-16(21)20-18(25)19-13-7-5-6-12(11(13)2)14-9-10-15(24-14)17(22)23/h5-7,9-10H,3-4,8H2,1-2H3,(H,22,23)(H2,19,20,21,25). The number of furan rings is 1. The number of unbranched alkanes of at least 4 members (excludes halogenated alkanes) is 1. The molecule has 6 nitrogen and oxygen atoms in total. The molecule has 3 N–H and O–H groups in total. The van der Waals surface area contributed by atoms with Gasteiger partial charge in [-0.15, -0.1) is 0 Å². The number of rotatable bonds is 6. The number of anilines is 1. The summed E-state index contributed by atoms with van der Waals surface area (Å²) in [4.78, 5) is 22.7.